The fraction of sp³-hybridized carbons (Fsp3) is 0.200. The zero-order valence-electron chi connectivity index (χ0n) is 10.2. The van der Waals surface area contributed by atoms with Crippen molar-refractivity contribution >= 4 is 38.5 Å². The van der Waals surface area contributed by atoms with E-state index in [0.29, 0.717) is 0 Å². The van der Waals surface area contributed by atoms with Crippen LogP contribution in [0.2, 0.25) is 0 Å². The maximum atomic E-state index is 13.3. The van der Waals surface area contributed by atoms with Crippen molar-refractivity contribution in [1.82, 2.24) is 0 Å². The summed E-state index contributed by atoms with van der Waals surface area (Å²) >= 11 is 6.03. The van der Waals surface area contributed by atoms with Gasteiger partial charge in [0.2, 0.25) is 0 Å². The minimum Gasteiger partial charge on any atom is -0.207 e. The quantitative estimate of drug-likeness (QED) is 0.444. The molecule has 1 unspecified atom stereocenters. The molecular formula is C15H13BrFI. The molecule has 0 heterocycles. The molecule has 0 nitrogen and oxygen atoms in total. The van der Waals surface area contributed by atoms with Crippen molar-refractivity contribution in [3.63, 3.8) is 0 Å². The summed E-state index contributed by atoms with van der Waals surface area (Å²) in [6, 6.07) is 11.5. The van der Waals surface area contributed by atoms with Gasteiger partial charge in [-0.15, -0.1) is 0 Å². The van der Waals surface area contributed by atoms with E-state index in [0.717, 1.165) is 16.7 Å². The molecule has 3 heteroatoms. The first-order chi connectivity index (χ1) is 8.49. The van der Waals surface area contributed by atoms with Crippen molar-refractivity contribution in [2.75, 3.05) is 0 Å². The predicted molar refractivity (Wildman–Crippen MR) is 85.8 cm³/mol. The Morgan fingerprint density at radius 1 is 1.11 bits per heavy atom. The van der Waals surface area contributed by atoms with Crippen LogP contribution < -0.4 is 0 Å². The maximum absolute atomic E-state index is 13.3. The van der Waals surface area contributed by atoms with Crippen LogP contribution in [0.15, 0.2) is 36.4 Å². The van der Waals surface area contributed by atoms with Crippen LogP contribution in [0.25, 0.3) is 0 Å². The van der Waals surface area contributed by atoms with E-state index in [9.17, 15) is 4.39 Å². The summed E-state index contributed by atoms with van der Waals surface area (Å²) in [7, 11) is 0. The van der Waals surface area contributed by atoms with Crippen molar-refractivity contribution < 1.29 is 4.39 Å². The maximum Gasteiger partial charge on any atom is 0.123 e. The van der Waals surface area contributed by atoms with E-state index in [1.807, 2.05) is 19.9 Å². The molecule has 0 fully saturated rings. The Kier molecular flexibility index (Phi) is 4.43. The van der Waals surface area contributed by atoms with Gasteiger partial charge < -0.3 is 0 Å². The Bertz CT molecular complexity index is 557. The largest absolute Gasteiger partial charge is 0.207 e. The Hall–Kier alpha value is -0.420. The van der Waals surface area contributed by atoms with Crippen LogP contribution in [0.1, 0.15) is 27.1 Å². The minimum absolute atomic E-state index is 0.104. The molecule has 0 N–H and O–H groups in total. The molecule has 94 valence electrons. The highest BCUT2D eigenvalue weighted by molar-refractivity contribution is 14.1. The Morgan fingerprint density at radius 3 is 2.28 bits per heavy atom. The lowest BCUT2D eigenvalue weighted by Crippen LogP contribution is -2.00. The molecule has 0 aromatic heterocycles. The van der Waals surface area contributed by atoms with Crippen LogP contribution in [0.3, 0.4) is 0 Å². The van der Waals surface area contributed by atoms with Gasteiger partial charge in [0.25, 0.3) is 0 Å². The van der Waals surface area contributed by atoms with Gasteiger partial charge in [0.05, 0.1) is 4.83 Å². The number of hydrogen-bond donors (Lipinski definition) is 0. The Balaban J connectivity index is 2.49. The van der Waals surface area contributed by atoms with E-state index in [-0.39, 0.29) is 10.6 Å². The van der Waals surface area contributed by atoms with E-state index in [1.165, 1.54) is 9.13 Å². The first-order valence-corrected chi connectivity index (χ1v) is 7.64. The van der Waals surface area contributed by atoms with Gasteiger partial charge in [-0.25, -0.2) is 4.39 Å². The lowest BCUT2D eigenvalue weighted by atomic mass is 9.96. The van der Waals surface area contributed by atoms with Gasteiger partial charge in [0, 0.05) is 3.57 Å². The van der Waals surface area contributed by atoms with Gasteiger partial charge in [-0.05, 0) is 83.0 Å². The highest BCUT2D eigenvalue weighted by Gasteiger charge is 2.16. The number of hydrogen-bond acceptors (Lipinski definition) is 0. The molecule has 0 amide bonds. The fourth-order valence-electron chi connectivity index (χ4n) is 2.15. The van der Waals surface area contributed by atoms with E-state index in [2.05, 4.69) is 56.7 Å². The zero-order valence-corrected chi connectivity index (χ0v) is 13.9. The van der Waals surface area contributed by atoms with E-state index in [1.54, 1.807) is 12.1 Å². The van der Waals surface area contributed by atoms with Crippen molar-refractivity contribution in [2.45, 2.75) is 18.7 Å². The highest BCUT2D eigenvalue weighted by atomic mass is 127. The summed E-state index contributed by atoms with van der Waals surface area (Å²) < 4.78 is 14.5. The molecule has 0 aliphatic carbocycles. The van der Waals surface area contributed by atoms with Crippen LogP contribution in [0.5, 0.6) is 0 Å². The summed E-state index contributed by atoms with van der Waals surface area (Å²) in [4.78, 5) is 0.104. The van der Waals surface area contributed by atoms with E-state index < -0.39 is 0 Å². The predicted octanol–water partition coefficient (Wildman–Crippen LogP) is 5.53. The second-order valence-electron chi connectivity index (χ2n) is 4.37. The second-order valence-corrected chi connectivity index (χ2v) is 6.53. The van der Waals surface area contributed by atoms with Crippen LogP contribution >= 0.6 is 38.5 Å². The van der Waals surface area contributed by atoms with Crippen LogP contribution in [0, 0.1) is 23.2 Å². The van der Waals surface area contributed by atoms with Gasteiger partial charge in [-0.3, -0.25) is 0 Å². The molecule has 2 rings (SSSR count). The smallest absolute Gasteiger partial charge is 0.123 e. The zero-order chi connectivity index (χ0) is 13.3. The average molecular weight is 419 g/mol. The molecule has 0 aliphatic rings. The van der Waals surface area contributed by atoms with E-state index >= 15 is 0 Å². The topological polar surface area (TPSA) is 0 Å². The van der Waals surface area contributed by atoms with Gasteiger partial charge in [0.1, 0.15) is 5.82 Å². The number of rotatable bonds is 2. The summed E-state index contributed by atoms with van der Waals surface area (Å²) in [5, 5.41) is 0. The highest BCUT2D eigenvalue weighted by Crippen LogP contribution is 2.35. The van der Waals surface area contributed by atoms with Crippen LogP contribution in [-0.4, -0.2) is 0 Å². The molecule has 2 aromatic rings. The van der Waals surface area contributed by atoms with Gasteiger partial charge in [-0.2, -0.15) is 0 Å². The van der Waals surface area contributed by atoms with Crippen molar-refractivity contribution in [2.24, 2.45) is 0 Å². The Morgan fingerprint density at radius 2 is 1.72 bits per heavy atom. The third-order valence-electron chi connectivity index (χ3n) is 2.95. The molecule has 2 aromatic carbocycles. The molecule has 0 aliphatic heterocycles. The normalized spacial score (nSPS) is 12.5. The lowest BCUT2D eigenvalue weighted by molar-refractivity contribution is 0.624. The summed E-state index contributed by atoms with van der Waals surface area (Å²) in [5.41, 5.74) is 4.31. The third-order valence-corrected chi connectivity index (χ3v) is 4.61. The van der Waals surface area contributed by atoms with Crippen molar-refractivity contribution in [3.8, 4) is 0 Å². The summed E-state index contributed by atoms with van der Waals surface area (Å²) in [6.07, 6.45) is 0. The number of alkyl halides is 1. The molecule has 18 heavy (non-hydrogen) atoms. The molecule has 0 bridgehead atoms. The van der Waals surface area contributed by atoms with Gasteiger partial charge in [-0.1, -0.05) is 28.1 Å². The Labute approximate surface area is 129 Å². The monoisotopic (exact) mass is 418 g/mol. The van der Waals surface area contributed by atoms with E-state index in [4.69, 9.17) is 0 Å². The molecular weight excluding hydrogens is 406 g/mol. The average Bonchev–Trinajstić information content (AvgIpc) is 2.27. The van der Waals surface area contributed by atoms with Crippen molar-refractivity contribution in [3.05, 3.63) is 68.0 Å². The standard InChI is InChI=1S/C15H13BrFI/c1-9-6-12(17)7-10(2)14(9)15(16)11-4-3-5-13(18)8-11/h3-8,15H,1-2H3. The molecule has 0 radical (unpaired) electrons. The first kappa shape index (κ1) is 14.0. The molecule has 0 saturated heterocycles. The first-order valence-electron chi connectivity index (χ1n) is 5.65. The van der Waals surface area contributed by atoms with Crippen LogP contribution in [-0.2, 0) is 0 Å². The summed E-state index contributed by atoms with van der Waals surface area (Å²) in [5.74, 6) is -0.170. The second kappa shape index (κ2) is 5.70. The fourth-order valence-corrected chi connectivity index (χ4v) is 3.73. The van der Waals surface area contributed by atoms with Crippen molar-refractivity contribution in [1.29, 1.82) is 0 Å². The number of benzene rings is 2. The van der Waals surface area contributed by atoms with Gasteiger partial charge in [0.15, 0.2) is 0 Å². The lowest BCUT2D eigenvalue weighted by Gasteiger charge is -2.17. The number of aryl methyl sites for hydroxylation is 2. The minimum atomic E-state index is -0.170. The third kappa shape index (κ3) is 2.94. The molecule has 0 saturated carbocycles. The van der Waals surface area contributed by atoms with Crippen LogP contribution in [0.4, 0.5) is 4.39 Å². The number of halogens is 3. The SMILES string of the molecule is Cc1cc(F)cc(C)c1C(Br)c1cccc(I)c1. The summed E-state index contributed by atoms with van der Waals surface area (Å²) in [6.45, 7) is 3.90. The van der Waals surface area contributed by atoms with Gasteiger partial charge >= 0.3 is 0 Å². The molecule has 0 spiro atoms. The molecule has 1 atom stereocenters.